The van der Waals surface area contributed by atoms with E-state index in [1.165, 1.54) is 12.1 Å². The largest absolute Gasteiger partial charge is 0.298 e. The summed E-state index contributed by atoms with van der Waals surface area (Å²) >= 11 is 0. The van der Waals surface area contributed by atoms with Crippen LogP contribution in [0, 0.1) is 32.8 Å². The number of benzene rings is 1. The third-order valence-electron chi connectivity index (χ3n) is 1.91. The highest BCUT2D eigenvalue weighted by molar-refractivity contribution is 5.84. The lowest BCUT2D eigenvalue weighted by molar-refractivity contribution is -0.385. The average molecular weight is 215 g/mol. The normalized spacial score (nSPS) is 8.88. The minimum atomic E-state index is -0.779. The van der Waals surface area contributed by atoms with Crippen molar-refractivity contribution in [3.63, 3.8) is 0 Å². The summed E-state index contributed by atoms with van der Waals surface area (Å²) in [7, 11) is 0. The van der Waals surface area contributed by atoms with Gasteiger partial charge in [0.25, 0.3) is 5.69 Å². The second-order valence-electron chi connectivity index (χ2n) is 2.90. The molecule has 0 atom stereocenters. The van der Waals surface area contributed by atoms with Crippen molar-refractivity contribution in [3.05, 3.63) is 38.9 Å². The predicted octanol–water partition coefficient (Wildman–Crippen LogP) is 1.35. The van der Waals surface area contributed by atoms with Gasteiger partial charge in [-0.2, -0.15) is 10.5 Å². The number of hydrogen-bond acceptors (Lipinski definition) is 5. The van der Waals surface area contributed by atoms with Crippen LogP contribution in [-0.2, 0) is 6.42 Å². The van der Waals surface area contributed by atoms with E-state index in [0.717, 1.165) is 0 Å². The number of hydrogen-bond donors (Lipinski definition) is 0. The maximum Gasteiger partial charge on any atom is 0.297 e. The maximum absolute atomic E-state index is 10.7. The molecule has 0 aliphatic heterocycles. The molecule has 0 amide bonds. The molecular formula is C10H5N3O3. The molecule has 1 aromatic rings. The monoisotopic (exact) mass is 215 g/mol. The lowest BCUT2D eigenvalue weighted by atomic mass is 10.0. The molecular weight excluding hydrogens is 210 g/mol. The van der Waals surface area contributed by atoms with Crippen molar-refractivity contribution in [1.29, 1.82) is 10.5 Å². The molecule has 0 aromatic heterocycles. The van der Waals surface area contributed by atoms with Crippen molar-refractivity contribution >= 4 is 12.0 Å². The fraction of sp³-hybridized carbons (Fsp3) is 0.100. The first-order valence-corrected chi connectivity index (χ1v) is 4.17. The van der Waals surface area contributed by atoms with Gasteiger partial charge in [0.1, 0.15) is 11.6 Å². The molecule has 78 valence electrons. The third-order valence-corrected chi connectivity index (χ3v) is 1.91. The van der Waals surface area contributed by atoms with E-state index in [-0.39, 0.29) is 17.5 Å². The summed E-state index contributed by atoms with van der Waals surface area (Å²) < 4.78 is 0. The number of rotatable bonds is 3. The third kappa shape index (κ3) is 2.02. The van der Waals surface area contributed by atoms with Gasteiger partial charge in [0, 0.05) is 0 Å². The Morgan fingerprint density at radius 1 is 1.44 bits per heavy atom. The second-order valence-corrected chi connectivity index (χ2v) is 2.90. The van der Waals surface area contributed by atoms with Crippen LogP contribution in [-0.4, -0.2) is 11.2 Å². The molecule has 0 bridgehead atoms. The van der Waals surface area contributed by atoms with E-state index >= 15 is 0 Å². The van der Waals surface area contributed by atoms with E-state index in [0.29, 0.717) is 11.8 Å². The summed E-state index contributed by atoms with van der Waals surface area (Å²) in [4.78, 5) is 20.5. The van der Waals surface area contributed by atoms with Crippen LogP contribution in [0.15, 0.2) is 12.1 Å². The van der Waals surface area contributed by atoms with Crippen LogP contribution < -0.4 is 0 Å². The zero-order valence-electron chi connectivity index (χ0n) is 8.01. The second kappa shape index (κ2) is 4.67. The van der Waals surface area contributed by atoms with E-state index in [2.05, 4.69) is 0 Å². The molecule has 0 unspecified atom stereocenters. The van der Waals surface area contributed by atoms with Gasteiger partial charge in [-0.3, -0.25) is 14.9 Å². The summed E-state index contributed by atoms with van der Waals surface area (Å²) in [5.41, 5.74) is -0.500. The zero-order valence-corrected chi connectivity index (χ0v) is 8.01. The van der Waals surface area contributed by atoms with Crippen molar-refractivity contribution in [3.8, 4) is 12.1 Å². The van der Waals surface area contributed by atoms with E-state index in [1.54, 1.807) is 6.07 Å². The Bertz CT molecular complexity index is 537. The Balaban J connectivity index is 3.52. The Kier molecular flexibility index (Phi) is 3.31. The fourth-order valence-electron chi connectivity index (χ4n) is 1.29. The van der Waals surface area contributed by atoms with Crippen LogP contribution in [0.2, 0.25) is 0 Å². The van der Waals surface area contributed by atoms with E-state index < -0.39 is 10.6 Å². The molecule has 1 rings (SSSR count). The standard InChI is InChI=1S/C10H5N3O3/c11-2-1-7-3-8(5-12)10(13(15)16)9(4-7)6-14/h3-4,6H,1H2. The Morgan fingerprint density at radius 3 is 2.56 bits per heavy atom. The minimum absolute atomic E-state index is 0.00643. The van der Waals surface area contributed by atoms with Gasteiger partial charge in [-0.05, 0) is 17.7 Å². The van der Waals surface area contributed by atoms with Gasteiger partial charge < -0.3 is 0 Å². The maximum atomic E-state index is 10.7. The van der Waals surface area contributed by atoms with Crippen molar-refractivity contribution in [2.45, 2.75) is 6.42 Å². The van der Waals surface area contributed by atoms with Gasteiger partial charge in [0.05, 0.1) is 23.0 Å². The summed E-state index contributed by atoms with van der Waals surface area (Å²) in [6.07, 6.45) is 0.299. The molecule has 6 heteroatoms. The zero-order chi connectivity index (χ0) is 12.1. The summed E-state index contributed by atoms with van der Waals surface area (Å²) in [6.45, 7) is 0. The first-order valence-electron chi connectivity index (χ1n) is 4.17. The molecule has 0 fully saturated rings. The molecule has 0 saturated heterocycles. The molecule has 0 spiro atoms. The van der Waals surface area contributed by atoms with Crippen LogP contribution in [0.3, 0.4) is 0 Å². The highest BCUT2D eigenvalue weighted by Gasteiger charge is 2.20. The Morgan fingerprint density at radius 2 is 2.12 bits per heavy atom. The Labute approximate surface area is 90.5 Å². The molecule has 0 saturated carbocycles. The SMILES string of the molecule is N#CCc1cc(C#N)c([N+](=O)[O-])c(C=O)c1. The van der Waals surface area contributed by atoms with Crippen LogP contribution in [0.4, 0.5) is 5.69 Å². The topological polar surface area (TPSA) is 108 Å². The van der Waals surface area contributed by atoms with E-state index in [9.17, 15) is 14.9 Å². The number of nitro groups is 1. The molecule has 0 aliphatic rings. The molecule has 16 heavy (non-hydrogen) atoms. The lowest BCUT2D eigenvalue weighted by Crippen LogP contribution is -2.00. The van der Waals surface area contributed by atoms with E-state index in [1.807, 2.05) is 6.07 Å². The summed E-state index contributed by atoms with van der Waals surface area (Å²) in [5, 5.41) is 27.9. The summed E-state index contributed by atoms with van der Waals surface area (Å²) in [5.74, 6) is 0. The predicted molar refractivity (Wildman–Crippen MR) is 52.5 cm³/mol. The van der Waals surface area contributed by atoms with Crippen molar-refractivity contribution in [2.75, 3.05) is 0 Å². The molecule has 1 aromatic carbocycles. The number of aldehydes is 1. The lowest BCUT2D eigenvalue weighted by Gasteiger charge is -2.01. The van der Waals surface area contributed by atoms with Gasteiger partial charge in [-0.1, -0.05) is 0 Å². The summed E-state index contributed by atoms with van der Waals surface area (Å²) in [6, 6.07) is 5.97. The van der Waals surface area contributed by atoms with Crippen LogP contribution in [0.1, 0.15) is 21.5 Å². The van der Waals surface area contributed by atoms with Crippen LogP contribution in [0.25, 0.3) is 0 Å². The van der Waals surface area contributed by atoms with Gasteiger partial charge in [0.15, 0.2) is 6.29 Å². The average Bonchev–Trinajstić information content (AvgIpc) is 2.27. The number of carbonyl (C=O) groups is 1. The molecule has 0 N–H and O–H groups in total. The quantitative estimate of drug-likeness (QED) is 0.429. The minimum Gasteiger partial charge on any atom is -0.298 e. The smallest absolute Gasteiger partial charge is 0.297 e. The number of nitriles is 2. The number of nitrogens with zero attached hydrogens (tertiary/aromatic N) is 3. The van der Waals surface area contributed by atoms with Crippen molar-refractivity contribution in [1.82, 2.24) is 0 Å². The van der Waals surface area contributed by atoms with Crippen molar-refractivity contribution < 1.29 is 9.72 Å². The molecule has 6 nitrogen and oxygen atoms in total. The first kappa shape index (κ1) is 11.3. The number of nitro benzene ring substituents is 1. The van der Waals surface area contributed by atoms with Gasteiger partial charge in [0.2, 0.25) is 0 Å². The van der Waals surface area contributed by atoms with Crippen LogP contribution in [0.5, 0.6) is 0 Å². The van der Waals surface area contributed by atoms with Gasteiger partial charge >= 0.3 is 0 Å². The fourth-order valence-corrected chi connectivity index (χ4v) is 1.29. The number of carbonyl (C=O) groups excluding carboxylic acids is 1. The first-order chi connectivity index (χ1) is 7.63. The van der Waals surface area contributed by atoms with Crippen molar-refractivity contribution in [2.24, 2.45) is 0 Å². The van der Waals surface area contributed by atoms with Gasteiger partial charge in [-0.15, -0.1) is 0 Å². The molecule has 0 heterocycles. The molecule has 0 aliphatic carbocycles. The highest BCUT2D eigenvalue weighted by atomic mass is 16.6. The molecule has 0 radical (unpaired) electrons. The van der Waals surface area contributed by atoms with Crippen LogP contribution >= 0.6 is 0 Å². The highest BCUT2D eigenvalue weighted by Crippen LogP contribution is 2.24. The Hall–Kier alpha value is -2.73. The van der Waals surface area contributed by atoms with E-state index in [4.69, 9.17) is 10.5 Å². The van der Waals surface area contributed by atoms with Gasteiger partial charge in [-0.25, -0.2) is 0 Å².